The molecule has 1 aliphatic rings. The van der Waals surface area contributed by atoms with Crippen LogP contribution in [0.4, 0.5) is 22.0 Å². The molecule has 3 heterocycles. The largest absolute Gasteiger partial charge is 0.459 e. The highest BCUT2D eigenvalue weighted by Crippen LogP contribution is 2.48. The average molecular weight is 563 g/mol. The second-order valence-electron chi connectivity index (χ2n) is 9.25. The van der Waals surface area contributed by atoms with Crippen molar-refractivity contribution in [2.75, 3.05) is 5.75 Å². The van der Waals surface area contributed by atoms with Crippen LogP contribution in [0.5, 0.6) is 0 Å². The molecule has 14 heteroatoms. The number of nitriles is 1. The summed E-state index contributed by atoms with van der Waals surface area (Å²) in [6, 6.07) is 11.3. The van der Waals surface area contributed by atoms with Gasteiger partial charge in [0, 0.05) is 18.8 Å². The van der Waals surface area contributed by atoms with E-state index in [-0.39, 0.29) is 33.3 Å². The molecule has 1 saturated carbocycles. The summed E-state index contributed by atoms with van der Waals surface area (Å²) >= 11 is 0. The fraction of sp³-hybridized carbons (Fsp3) is 0.320. The van der Waals surface area contributed by atoms with Gasteiger partial charge in [-0.25, -0.2) is 13.4 Å². The third kappa shape index (κ3) is 4.30. The number of hydrogen-bond donors (Lipinski definition) is 0. The Bertz CT molecular complexity index is 1750. The summed E-state index contributed by atoms with van der Waals surface area (Å²) in [4.78, 5) is 8.22. The van der Waals surface area contributed by atoms with Crippen molar-refractivity contribution in [1.29, 1.82) is 5.26 Å². The molecule has 0 spiro atoms. The van der Waals surface area contributed by atoms with Crippen molar-refractivity contribution >= 4 is 21.0 Å². The number of sulfone groups is 1. The summed E-state index contributed by atoms with van der Waals surface area (Å²) in [5.41, 5.74) is -0.735. The van der Waals surface area contributed by atoms with Gasteiger partial charge in [0.15, 0.2) is 21.3 Å². The van der Waals surface area contributed by atoms with Gasteiger partial charge in [0.2, 0.25) is 0 Å². The van der Waals surface area contributed by atoms with Crippen LogP contribution >= 0.6 is 0 Å². The van der Waals surface area contributed by atoms with Gasteiger partial charge in [0.05, 0.1) is 22.1 Å². The molecule has 3 aromatic heterocycles. The number of pyridine rings is 1. The molecule has 8 nitrogen and oxygen atoms in total. The molecule has 1 aromatic carbocycles. The first kappa shape index (κ1) is 26.6. The SMILES string of the molecule is CCS(=O)(=O)c1cc(-c2ccc(C3(C#N)CC3)cc2)cnc1-c1nc2cc(C(F)(F)C(F)(F)F)nnc2n1C. The highest BCUT2D eigenvalue weighted by atomic mass is 32.2. The molecule has 39 heavy (non-hydrogen) atoms. The fourth-order valence-electron chi connectivity index (χ4n) is 4.23. The number of rotatable bonds is 6. The minimum absolute atomic E-state index is 0.106. The van der Waals surface area contributed by atoms with Crippen molar-refractivity contribution in [1.82, 2.24) is 24.7 Å². The summed E-state index contributed by atoms with van der Waals surface area (Å²) in [5.74, 6) is -5.66. The topological polar surface area (TPSA) is 114 Å². The van der Waals surface area contributed by atoms with E-state index in [2.05, 4.69) is 26.2 Å². The second kappa shape index (κ2) is 8.77. The van der Waals surface area contributed by atoms with Crippen molar-refractivity contribution in [3.8, 4) is 28.7 Å². The minimum atomic E-state index is -5.89. The van der Waals surface area contributed by atoms with Crippen LogP contribution < -0.4 is 0 Å². The number of aryl methyl sites for hydroxylation is 1. The molecule has 0 radical (unpaired) electrons. The Balaban J connectivity index is 1.62. The number of nitrogens with zero attached hydrogens (tertiary/aromatic N) is 6. The van der Waals surface area contributed by atoms with E-state index in [9.17, 15) is 35.6 Å². The molecule has 202 valence electrons. The third-order valence-electron chi connectivity index (χ3n) is 6.81. The molecule has 1 aliphatic carbocycles. The summed E-state index contributed by atoms with van der Waals surface area (Å²) in [6.45, 7) is 1.43. The van der Waals surface area contributed by atoms with Crippen molar-refractivity contribution in [3.63, 3.8) is 0 Å². The van der Waals surface area contributed by atoms with Crippen LogP contribution in [0.15, 0.2) is 47.5 Å². The zero-order valence-corrected chi connectivity index (χ0v) is 21.3. The monoisotopic (exact) mass is 562 g/mol. The molecule has 4 aromatic rings. The Morgan fingerprint density at radius 3 is 2.28 bits per heavy atom. The summed E-state index contributed by atoms with van der Waals surface area (Å²) in [5, 5.41) is 16.0. The van der Waals surface area contributed by atoms with Crippen LogP contribution in [0.1, 0.15) is 31.0 Å². The maximum Gasteiger partial charge on any atom is 0.459 e. The number of aromatic nitrogens is 5. The Labute approximate surface area is 219 Å². The lowest BCUT2D eigenvalue weighted by atomic mass is 9.95. The smallest absolute Gasteiger partial charge is 0.309 e. The lowest BCUT2D eigenvalue weighted by molar-refractivity contribution is -0.291. The highest BCUT2D eigenvalue weighted by molar-refractivity contribution is 7.91. The number of imidazole rings is 1. The zero-order valence-electron chi connectivity index (χ0n) is 20.5. The number of hydrogen-bond acceptors (Lipinski definition) is 7. The Hall–Kier alpha value is -3.99. The number of alkyl halides is 5. The predicted octanol–water partition coefficient (Wildman–Crippen LogP) is 5.10. The molecular formula is C25H19F5N6O2S. The van der Waals surface area contributed by atoms with E-state index in [1.54, 1.807) is 12.1 Å². The van der Waals surface area contributed by atoms with Crippen molar-refractivity contribution < 1.29 is 30.4 Å². The summed E-state index contributed by atoms with van der Waals surface area (Å²) in [7, 11) is -2.51. The van der Waals surface area contributed by atoms with E-state index in [1.807, 2.05) is 12.1 Å². The van der Waals surface area contributed by atoms with Crippen LogP contribution in [0.3, 0.4) is 0 Å². The zero-order chi connectivity index (χ0) is 28.4. The van der Waals surface area contributed by atoms with Gasteiger partial charge < -0.3 is 4.57 Å². The van der Waals surface area contributed by atoms with Gasteiger partial charge in [-0.3, -0.25) is 4.98 Å². The average Bonchev–Trinajstić information content (AvgIpc) is 3.65. The van der Waals surface area contributed by atoms with Crippen molar-refractivity contribution in [2.45, 2.75) is 42.2 Å². The molecule has 0 saturated heterocycles. The van der Waals surface area contributed by atoms with Crippen LogP contribution in [0.25, 0.3) is 33.8 Å². The van der Waals surface area contributed by atoms with E-state index in [0.29, 0.717) is 17.2 Å². The summed E-state index contributed by atoms with van der Waals surface area (Å²) in [6.07, 6.45) is -2.94. The quantitative estimate of drug-likeness (QED) is 0.301. The molecule has 0 bridgehead atoms. The molecule has 0 atom stereocenters. The fourth-order valence-corrected chi connectivity index (χ4v) is 5.29. The second-order valence-corrected chi connectivity index (χ2v) is 11.5. The number of fused-ring (bicyclic) bond motifs is 1. The van der Waals surface area contributed by atoms with Gasteiger partial charge in [0.1, 0.15) is 16.9 Å². The van der Waals surface area contributed by atoms with Crippen molar-refractivity contribution in [3.05, 3.63) is 53.9 Å². The van der Waals surface area contributed by atoms with E-state index >= 15 is 0 Å². The molecule has 1 fully saturated rings. The highest BCUT2D eigenvalue weighted by Gasteiger charge is 2.60. The van der Waals surface area contributed by atoms with Crippen LogP contribution in [-0.4, -0.2) is 45.1 Å². The lowest BCUT2D eigenvalue weighted by Crippen LogP contribution is -2.34. The standard InChI is InChI=1S/C25H19F5N6O2S/c1-3-39(37,38)18-10-15(14-4-6-16(7-5-14)23(13-31)8-9-23)12-32-20(18)22-33-17-11-19(24(26,27)25(28,29)30)34-35-21(17)36(22)2/h4-7,10-12H,3,8-9H2,1-2H3. The third-order valence-corrected chi connectivity index (χ3v) is 8.55. The van der Waals surface area contributed by atoms with Gasteiger partial charge in [-0.2, -0.15) is 27.2 Å². The van der Waals surface area contributed by atoms with Gasteiger partial charge in [-0.15, -0.1) is 10.2 Å². The van der Waals surface area contributed by atoms with E-state index in [4.69, 9.17) is 0 Å². The molecular weight excluding hydrogens is 543 g/mol. The lowest BCUT2D eigenvalue weighted by Gasteiger charge is -2.17. The van der Waals surface area contributed by atoms with Gasteiger partial charge >= 0.3 is 12.1 Å². The first-order chi connectivity index (χ1) is 18.2. The molecule has 0 N–H and O–H groups in total. The van der Waals surface area contributed by atoms with Crippen LogP contribution in [-0.2, 0) is 28.2 Å². The number of benzene rings is 1. The number of halogens is 5. The minimum Gasteiger partial charge on any atom is -0.309 e. The van der Waals surface area contributed by atoms with E-state index in [0.717, 1.165) is 18.4 Å². The Morgan fingerprint density at radius 1 is 1.05 bits per heavy atom. The maximum atomic E-state index is 13.8. The van der Waals surface area contributed by atoms with E-state index in [1.165, 1.54) is 30.8 Å². The molecule has 0 aliphatic heterocycles. The molecule has 0 unspecified atom stereocenters. The Morgan fingerprint density at radius 2 is 1.72 bits per heavy atom. The van der Waals surface area contributed by atoms with E-state index < -0.39 is 33.0 Å². The summed E-state index contributed by atoms with van der Waals surface area (Å²) < 4.78 is 93.5. The van der Waals surface area contributed by atoms with Gasteiger partial charge in [-0.1, -0.05) is 31.2 Å². The first-order valence-electron chi connectivity index (χ1n) is 11.6. The first-order valence-corrected chi connectivity index (χ1v) is 13.3. The molecule has 0 amide bonds. The maximum absolute atomic E-state index is 13.8. The molecule has 5 rings (SSSR count). The normalized spacial score (nSPS) is 15.3. The van der Waals surface area contributed by atoms with Crippen LogP contribution in [0, 0.1) is 11.3 Å². The predicted molar refractivity (Wildman–Crippen MR) is 129 cm³/mol. The van der Waals surface area contributed by atoms with Crippen molar-refractivity contribution in [2.24, 2.45) is 7.05 Å². The van der Waals surface area contributed by atoms with Crippen LogP contribution in [0.2, 0.25) is 0 Å². The van der Waals surface area contributed by atoms with Gasteiger partial charge in [-0.05, 0) is 36.1 Å². The Kier molecular flexibility index (Phi) is 5.98. The van der Waals surface area contributed by atoms with Gasteiger partial charge in [0.25, 0.3) is 0 Å².